The normalized spacial score (nSPS) is 13.4. The van der Waals surface area contributed by atoms with Crippen LogP contribution in [0.4, 0.5) is 10.2 Å². The number of nitrogens with zero attached hydrogens (tertiary/aromatic N) is 1. The Morgan fingerprint density at radius 2 is 1.94 bits per heavy atom. The molecule has 9 heteroatoms. The number of rotatable bonds is 9. The topological polar surface area (TPSA) is 120 Å². The van der Waals surface area contributed by atoms with Gasteiger partial charge in [0, 0.05) is 31.0 Å². The van der Waals surface area contributed by atoms with E-state index in [0.29, 0.717) is 18.4 Å². The molecule has 8 nitrogen and oxygen atoms in total. The minimum absolute atomic E-state index is 0.192. The van der Waals surface area contributed by atoms with Crippen molar-refractivity contribution < 1.29 is 23.9 Å². The van der Waals surface area contributed by atoms with E-state index in [1.54, 1.807) is 6.07 Å². The molecule has 0 spiro atoms. The Bertz CT molecular complexity index is 982. The van der Waals surface area contributed by atoms with Crippen molar-refractivity contribution in [3.63, 3.8) is 0 Å². The monoisotopic (exact) mass is 442 g/mol. The number of carboxylic acids is 1. The summed E-state index contributed by atoms with van der Waals surface area (Å²) in [4.78, 5) is 40.0. The van der Waals surface area contributed by atoms with Crippen LogP contribution in [0.1, 0.15) is 54.8 Å². The van der Waals surface area contributed by atoms with Crippen molar-refractivity contribution in [2.24, 2.45) is 0 Å². The highest BCUT2D eigenvalue weighted by atomic mass is 19.1. The number of nitrogens with one attached hydrogen (secondary N) is 3. The average molecular weight is 442 g/mol. The number of aryl methyl sites for hydroxylation is 2. The van der Waals surface area contributed by atoms with Crippen LogP contribution in [0.3, 0.4) is 0 Å². The number of hydrazine groups is 1. The molecule has 1 unspecified atom stereocenters. The van der Waals surface area contributed by atoms with Gasteiger partial charge in [-0.05, 0) is 55.0 Å². The second-order valence-corrected chi connectivity index (χ2v) is 7.84. The van der Waals surface area contributed by atoms with Gasteiger partial charge in [0.05, 0.1) is 6.42 Å². The maximum absolute atomic E-state index is 13.5. The summed E-state index contributed by atoms with van der Waals surface area (Å²) >= 11 is 0. The molecule has 0 bridgehead atoms. The molecule has 170 valence electrons. The van der Waals surface area contributed by atoms with Gasteiger partial charge in [0.25, 0.3) is 0 Å². The first-order chi connectivity index (χ1) is 15.4. The lowest BCUT2D eigenvalue weighted by Crippen LogP contribution is -2.42. The van der Waals surface area contributed by atoms with Gasteiger partial charge in [-0.25, -0.2) is 9.37 Å². The second-order valence-electron chi connectivity index (χ2n) is 7.84. The zero-order chi connectivity index (χ0) is 22.9. The summed E-state index contributed by atoms with van der Waals surface area (Å²) in [6, 6.07) is 9.54. The number of fused-ring (bicyclic) bond motifs is 1. The summed E-state index contributed by atoms with van der Waals surface area (Å²) < 4.78 is 13.5. The summed E-state index contributed by atoms with van der Waals surface area (Å²) in [7, 11) is 0. The molecule has 0 aliphatic carbocycles. The Morgan fingerprint density at radius 1 is 1.12 bits per heavy atom. The number of carbonyl (C=O) groups is 3. The molecule has 1 aliphatic heterocycles. The molecular weight excluding hydrogens is 415 g/mol. The standard InChI is InChI=1S/C23H27FN4O4/c24-18-6-1-4-16(12-18)17(14-22(31)32)13-21(30)28-27-20(29)8-2-7-19-10-9-15-5-3-11-25-23(15)26-19/h1,4,6,9-10,12,17H,2-3,5,7-8,11,13-14H2,(H,25,26)(H,27,29)(H,28,30)(H,31,32). The molecule has 3 rings (SSSR count). The lowest BCUT2D eigenvalue weighted by molar-refractivity contribution is -0.137. The van der Waals surface area contributed by atoms with Crippen LogP contribution < -0.4 is 16.2 Å². The predicted octanol–water partition coefficient (Wildman–Crippen LogP) is 2.70. The minimum atomic E-state index is -1.10. The van der Waals surface area contributed by atoms with Crippen LogP contribution in [0.25, 0.3) is 0 Å². The molecule has 2 amide bonds. The zero-order valence-electron chi connectivity index (χ0n) is 17.7. The molecule has 4 N–H and O–H groups in total. The summed E-state index contributed by atoms with van der Waals surface area (Å²) in [5, 5.41) is 12.4. The highest BCUT2D eigenvalue weighted by Crippen LogP contribution is 2.24. The number of aromatic nitrogens is 1. The zero-order valence-corrected chi connectivity index (χ0v) is 17.7. The number of amides is 2. The third-order valence-corrected chi connectivity index (χ3v) is 5.30. The number of halogens is 1. The number of anilines is 1. The van der Waals surface area contributed by atoms with Crippen LogP contribution >= 0.6 is 0 Å². The highest BCUT2D eigenvalue weighted by Gasteiger charge is 2.20. The van der Waals surface area contributed by atoms with Crippen molar-refractivity contribution in [3.8, 4) is 0 Å². The summed E-state index contributed by atoms with van der Waals surface area (Å²) in [6.45, 7) is 0.915. The maximum Gasteiger partial charge on any atom is 0.303 e. The van der Waals surface area contributed by atoms with E-state index in [0.717, 1.165) is 30.9 Å². The van der Waals surface area contributed by atoms with Crippen LogP contribution in [0, 0.1) is 5.82 Å². The number of carboxylic acid groups (broad SMARTS) is 1. The number of aliphatic carboxylic acids is 1. The number of hydrogen-bond acceptors (Lipinski definition) is 5. The van der Waals surface area contributed by atoms with Crippen LogP contribution in [0.2, 0.25) is 0 Å². The third kappa shape index (κ3) is 7.04. The quantitative estimate of drug-likeness (QED) is 0.443. The van der Waals surface area contributed by atoms with Gasteiger partial charge < -0.3 is 10.4 Å². The molecule has 0 saturated carbocycles. The number of hydrogen-bond donors (Lipinski definition) is 4. The fraction of sp³-hybridized carbons (Fsp3) is 0.391. The lowest BCUT2D eigenvalue weighted by atomic mass is 9.92. The van der Waals surface area contributed by atoms with E-state index in [1.807, 2.05) is 6.07 Å². The second kappa shape index (κ2) is 11.2. The predicted molar refractivity (Wildman–Crippen MR) is 116 cm³/mol. The Hall–Kier alpha value is -3.49. The van der Waals surface area contributed by atoms with E-state index >= 15 is 0 Å². The van der Waals surface area contributed by atoms with Crippen molar-refractivity contribution in [1.82, 2.24) is 15.8 Å². The lowest BCUT2D eigenvalue weighted by Gasteiger charge is -2.17. The molecular formula is C23H27FN4O4. The molecule has 2 aromatic rings. The summed E-state index contributed by atoms with van der Waals surface area (Å²) in [5.74, 6) is -2.28. The van der Waals surface area contributed by atoms with Gasteiger partial charge in [-0.2, -0.15) is 0 Å². The van der Waals surface area contributed by atoms with E-state index in [2.05, 4.69) is 27.2 Å². The van der Waals surface area contributed by atoms with Crippen molar-refractivity contribution in [1.29, 1.82) is 0 Å². The molecule has 1 aliphatic rings. The van der Waals surface area contributed by atoms with Crippen LogP contribution in [-0.4, -0.2) is 34.4 Å². The fourth-order valence-corrected chi connectivity index (χ4v) is 3.69. The average Bonchev–Trinajstić information content (AvgIpc) is 2.77. The third-order valence-electron chi connectivity index (χ3n) is 5.30. The van der Waals surface area contributed by atoms with Gasteiger partial charge >= 0.3 is 5.97 Å². The first kappa shape index (κ1) is 23.2. The highest BCUT2D eigenvalue weighted by molar-refractivity contribution is 5.82. The molecule has 0 saturated heterocycles. The first-order valence-corrected chi connectivity index (χ1v) is 10.7. The van der Waals surface area contributed by atoms with Gasteiger partial charge in [0.15, 0.2) is 0 Å². The molecule has 1 aromatic carbocycles. The summed E-state index contributed by atoms with van der Waals surface area (Å²) in [6.07, 6.45) is 3.00. The van der Waals surface area contributed by atoms with Gasteiger partial charge in [0.1, 0.15) is 11.6 Å². The fourth-order valence-electron chi connectivity index (χ4n) is 3.69. The van der Waals surface area contributed by atoms with E-state index in [4.69, 9.17) is 5.11 Å². The molecule has 32 heavy (non-hydrogen) atoms. The van der Waals surface area contributed by atoms with E-state index in [-0.39, 0.29) is 25.2 Å². The number of benzene rings is 1. The van der Waals surface area contributed by atoms with Crippen molar-refractivity contribution >= 4 is 23.6 Å². The first-order valence-electron chi connectivity index (χ1n) is 10.7. The molecule has 0 fully saturated rings. The smallest absolute Gasteiger partial charge is 0.303 e. The Labute approximate surface area is 185 Å². The van der Waals surface area contributed by atoms with E-state index in [1.165, 1.54) is 23.8 Å². The van der Waals surface area contributed by atoms with E-state index in [9.17, 15) is 18.8 Å². The molecule has 2 heterocycles. The van der Waals surface area contributed by atoms with Crippen LogP contribution in [0.15, 0.2) is 36.4 Å². The largest absolute Gasteiger partial charge is 0.481 e. The molecule has 0 radical (unpaired) electrons. The summed E-state index contributed by atoms with van der Waals surface area (Å²) in [5.41, 5.74) is 7.19. The van der Waals surface area contributed by atoms with E-state index < -0.39 is 23.6 Å². The van der Waals surface area contributed by atoms with Crippen molar-refractivity contribution in [3.05, 3.63) is 59.0 Å². The molecule has 1 atom stereocenters. The molecule has 1 aromatic heterocycles. The van der Waals surface area contributed by atoms with Crippen molar-refractivity contribution in [2.75, 3.05) is 11.9 Å². The van der Waals surface area contributed by atoms with Crippen LogP contribution in [0.5, 0.6) is 0 Å². The SMILES string of the molecule is O=C(O)CC(CC(=O)NNC(=O)CCCc1ccc2c(n1)NCCC2)c1cccc(F)c1. The van der Waals surface area contributed by atoms with Gasteiger partial charge in [-0.15, -0.1) is 0 Å². The van der Waals surface area contributed by atoms with Gasteiger partial charge in [-0.1, -0.05) is 18.2 Å². The number of carbonyl (C=O) groups excluding carboxylic acids is 2. The maximum atomic E-state index is 13.5. The van der Waals surface area contributed by atoms with Crippen molar-refractivity contribution in [2.45, 2.75) is 50.9 Å². The van der Waals surface area contributed by atoms with Crippen LogP contribution in [-0.2, 0) is 27.2 Å². The number of pyridine rings is 1. The minimum Gasteiger partial charge on any atom is -0.481 e. The Balaban J connectivity index is 1.42. The van der Waals surface area contributed by atoms with Gasteiger partial charge in [-0.3, -0.25) is 25.2 Å². The van der Waals surface area contributed by atoms with Gasteiger partial charge in [0.2, 0.25) is 11.8 Å². The Kier molecular flexibility index (Phi) is 8.13. The Morgan fingerprint density at radius 3 is 2.72 bits per heavy atom.